The minimum Gasteiger partial charge on any atom is -0.459 e. The van der Waals surface area contributed by atoms with Gasteiger partial charge in [0.05, 0.1) is 0 Å². The summed E-state index contributed by atoms with van der Waals surface area (Å²) in [6.45, 7) is 7.99. The van der Waals surface area contributed by atoms with E-state index in [1.54, 1.807) is 0 Å². The first kappa shape index (κ1) is 13.6. The first-order chi connectivity index (χ1) is 8.90. The number of aromatic amines is 1. The molecule has 19 heavy (non-hydrogen) atoms. The fourth-order valence-corrected chi connectivity index (χ4v) is 2.22. The smallest absolute Gasteiger partial charge is 0.355 e. The van der Waals surface area contributed by atoms with Crippen LogP contribution in [0.3, 0.4) is 0 Å². The van der Waals surface area contributed by atoms with Gasteiger partial charge in [-0.1, -0.05) is 27.7 Å². The maximum Gasteiger partial charge on any atom is 0.355 e. The van der Waals surface area contributed by atoms with E-state index in [-0.39, 0.29) is 29.2 Å². The number of ether oxygens (including phenoxy) is 1. The average molecular weight is 267 g/mol. The van der Waals surface area contributed by atoms with Crippen molar-refractivity contribution in [2.45, 2.75) is 33.8 Å². The van der Waals surface area contributed by atoms with E-state index in [1.165, 1.54) is 6.07 Å². The van der Waals surface area contributed by atoms with Crippen molar-refractivity contribution in [1.29, 1.82) is 0 Å². The molecule has 0 aromatic carbocycles. The Morgan fingerprint density at radius 1 is 1.32 bits per heavy atom. The lowest BCUT2D eigenvalue weighted by molar-refractivity contribution is 0.00271. The molecular formula is C14H18FNO3. The molecule has 4 nitrogen and oxygen atoms in total. The number of H-pyrrole nitrogens is 1. The summed E-state index contributed by atoms with van der Waals surface area (Å²) in [6.07, 6.45) is 0.827. The number of hydrogen-bond acceptors (Lipinski definition) is 3. The minimum absolute atomic E-state index is 0.174. The monoisotopic (exact) mass is 267 g/mol. The first-order valence-electron chi connectivity index (χ1n) is 6.36. The van der Waals surface area contributed by atoms with Crippen LogP contribution >= 0.6 is 0 Å². The van der Waals surface area contributed by atoms with Gasteiger partial charge in [0.2, 0.25) is 0 Å². The number of carbonyl (C=O) groups excluding carboxylic acids is 1. The fraction of sp³-hybridized carbons (Fsp3) is 0.500. The maximum atomic E-state index is 13.3. The minimum atomic E-state index is -0.515. The van der Waals surface area contributed by atoms with Gasteiger partial charge in [0, 0.05) is 6.07 Å². The number of rotatable bonds is 4. The van der Waals surface area contributed by atoms with E-state index in [9.17, 15) is 9.18 Å². The molecule has 2 rings (SSSR count). The van der Waals surface area contributed by atoms with Gasteiger partial charge >= 0.3 is 5.97 Å². The number of esters is 1. The summed E-state index contributed by atoms with van der Waals surface area (Å²) in [6, 6.07) is 1.46. The van der Waals surface area contributed by atoms with Crippen LogP contribution in [0.25, 0.3) is 11.1 Å². The van der Waals surface area contributed by atoms with Crippen LogP contribution in [0.15, 0.2) is 16.7 Å². The molecule has 5 heteroatoms. The van der Waals surface area contributed by atoms with Crippen LogP contribution in [-0.4, -0.2) is 17.1 Å². The van der Waals surface area contributed by atoms with Gasteiger partial charge in [0.1, 0.15) is 23.6 Å². The molecule has 0 bridgehead atoms. The second-order valence-corrected chi connectivity index (χ2v) is 5.36. The molecule has 2 heterocycles. The first-order valence-corrected chi connectivity index (χ1v) is 6.36. The van der Waals surface area contributed by atoms with Gasteiger partial charge in [-0.05, 0) is 11.8 Å². The molecule has 0 atom stereocenters. The van der Waals surface area contributed by atoms with E-state index in [4.69, 9.17) is 9.15 Å². The van der Waals surface area contributed by atoms with Crippen molar-refractivity contribution in [3.63, 3.8) is 0 Å². The van der Waals surface area contributed by atoms with E-state index in [1.807, 2.05) is 27.7 Å². The number of fused-ring (bicyclic) bond motifs is 1. The van der Waals surface area contributed by atoms with E-state index in [2.05, 4.69) is 4.98 Å². The number of carbonyl (C=O) groups is 1. The fourth-order valence-electron chi connectivity index (χ4n) is 2.22. The van der Waals surface area contributed by atoms with Gasteiger partial charge in [0.25, 0.3) is 0 Å². The molecule has 0 aliphatic rings. The van der Waals surface area contributed by atoms with Gasteiger partial charge in [-0.3, -0.25) is 0 Å². The standard InChI is InChI=1S/C14H18FNO3/c1-7(2)13(8(3)4)19-14(17)10-5-11-12(16-10)9(15)6-18-11/h5-8,13,16H,1-4H3. The van der Waals surface area contributed by atoms with Crippen molar-refractivity contribution in [2.75, 3.05) is 0 Å². The lowest BCUT2D eigenvalue weighted by atomic mass is 9.96. The molecule has 0 aliphatic carbocycles. The second kappa shape index (κ2) is 5.07. The Labute approximate surface area is 110 Å². The Morgan fingerprint density at radius 2 is 1.95 bits per heavy atom. The lowest BCUT2D eigenvalue weighted by Crippen LogP contribution is -2.28. The van der Waals surface area contributed by atoms with Crippen LogP contribution in [0.1, 0.15) is 38.2 Å². The topological polar surface area (TPSA) is 55.2 Å². The molecule has 0 amide bonds. The summed E-state index contributed by atoms with van der Waals surface area (Å²) in [5.41, 5.74) is 0.715. The van der Waals surface area contributed by atoms with Crippen LogP contribution < -0.4 is 0 Å². The third-order valence-electron chi connectivity index (χ3n) is 3.09. The quantitative estimate of drug-likeness (QED) is 0.858. The molecule has 0 radical (unpaired) electrons. The summed E-state index contributed by atoms with van der Waals surface area (Å²) >= 11 is 0. The van der Waals surface area contributed by atoms with Crippen LogP contribution in [0.2, 0.25) is 0 Å². The van der Waals surface area contributed by atoms with Crippen molar-refractivity contribution >= 4 is 17.1 Å². The van der Waals surface area contributed by atoms with Gasteiger partial charge < -0.3 is 14.1 Å². The number of furan rings is 1. The highest BCUT2D eigenvalue weighted by atomic mass is 19.1. The van der Waals surface area contributed by atoms with E-state index in [0.29, 0.717) is 5.58 Å². The Morgan fingerprint density at radius 3 is 2.47 bits per heavy atom. The predicted molar refractivity (Wildman–Crippen MR) is 69.4 cm³/mol. The van der Waals surface area contributed by atoms with Crippen molar-refractivity contribution < 1.29 is 18.3 Å². The van der Waals surface area contributed by atoms with Gasteiger partial charge in [0.15, 0.2) is 11.4 Å². The Kier molecular flexibility index (Phi) is 3.64. The van der Waals surface area contributed by atoms with Gasteiger partial charge in [-0.25, -0.2) is 9.18 Å². The van der Waals surface area contributed by atoms with Crippen molar-refractivity contribution in [3.8, 4) is 0 Å². The number of halogens is 1. The zero-order chi connectivity index (χ0) is 14.2. The Hall–Kier alpha value is -1.78. The normalized spacial score (nSPS) is 12.0. The molecule has 0 fully saturated rings. The number of nitrogens with one attached hydrogen (secondary N) is 1. The molecule has 104 valence electrons. The zero-order valence-electron chi connectivity index (χ0n) is 11.5. The zero-order valence-corrected chi connectivity index (χ0v) is 11.5. The maximum absolute atomic E-state index is 13.3. The van der Waals surface area contributed by atoms with Crippen LogP contribution in [-0.2, 0) is 4.74 Å². The largest absolute Gasteiger partial charge is 0.459 e. The molecule has 1 N–H and O–H groups in total. The molecule has 2 aromatic heterocycles. The lowest BCUT2D eigenvalue weighted by Gasteiger charge is -2.24. The SMILES string of the molecule is CC(C)C(OC(=O)c1cc2occ(F)c2[nH]1)C(C)C. The van der Waals surface area contributed by atoms with Crippen molar-refractivity contribution in [1.82, 2.24) is 4.98 Å². The third-order valence-corrected chi connectivity index (χ3v) is 3.09. The molecule has 0 saturated carbocycles. The molecule has 0 spiro atoms. The highest BCUT2D eigenvalue weighted by Gasteiger charge is 2.24. The summed E-state index contributed by atoms with van der Waals surface area (Å²) in [5, 5.41) is 0. The van der Waals surface area contributed by atoms with Gasteiger partial charge in [-0.15, -0.1) is 0 Å². The molecular weight excluding hydrogens is 249 g/mol. The Bertz CT molecular complexity index is 575. The summed E-state index contributed by atoms with van der Waals surface area (Å²) in [5.74, 6) is -0.561. The molecule has 0 aliphatic heterocycles. The van der Waals surface area contributed by atoms with Gasteiger partial charge in [-0.2, -0.15) is 0 Å². The third kappa shape index (κ3) is 2.64. The molecule has 2 aromatic rings. The predicted octanol–water partition coefficient (Wildman–Crippen LogP) is 3.74. The molecule has 0 unspecified atom stereocenters. The van der Waals surface area contributed by atoms with Crippen LogP contribution in [0.5, 0.6) is 0 Å². The van der Waals surface area contributed by atoms with Crippen LogP contribution in [0, 0.1) is 17.7 Å². The van der Waals surface area contributed by atoms with Crippen molar-refractivity contribution in [2.24, 2.45) is 11.8 Å². The van der Waals surface area contributed by atoms with E-state index < -0.39 is 11.8 Å². The van der Waals surface area contributed by atoms with Crippen molar-refractivity contribution in [3.05, 3.63) is 23.8 Å². The highest BCUT2D eigenvalue weighted by Crippen LogP contribution is 2.22. The number of aromatic nitrogens is 1. The summed E-state index contributed by atoms with van der Waals surface area (Å²) in [7, 11) is 0. The average Bonchev–Trinajstić information content (AvgIpc) is 2.88. The number of hydrogen-bond donors (Lipinski definition) is 1. The highest BCUT2D eigenvalue weighted by molar-refractivity contribution is 5.93. The summed E-state index contributed by atoms with van der Waals surface area (Å²) in [4.78, 5) is 14.7. The Balaban J connectivity index is 2.19. The van der Waals surface area contributed by atoms with E-state index >= 15 is 0 Å². The summed E-state index contributed by atoms with van der Waals surface area (Å²) < 4.78 is 23.7. The van der Waals surface area contributed by atoms with Crippen LogP contribution in [0.4, 0.5) is 4.39 Å². The van der Waals surface area contributed by atoms with E-state index in [0.717, 1.165) is 6.26 Å². The second-order valence-electron chi connectivity index (χ2n) is 5.36. The molecule has 0 saturated heterocycles.